The number of benzene rings is 2. The highest BCUT2D eigenvalue weighted by molar-refractivity contribution is 7.92. The van der Waals surface area contributed by atoms with Crippen LogP contribution in [0.25, 0.3) is 0 Å². The van der Waals surface area contributed by atoms with Crippen LogP contribution in [0.3, 0.4) is 0 Å². The Hall–Kier alpha value is -2.65. The Morgan fingerprint density at radius 3 is 2.59 bits per heavy atom. The van der Waals surface area contributed by atoms with Gasteiger partial charge in [0.2, 0.25) is 0 Å². The van der Waals surface area contributed by atoms with Crippen LogP contribution in [0.4, 0.5) is 15.8 Å². The van der Waals surface area contributed by atoms with Crippen molar-refractivity contribution in [1.82, 2.24) is 4.90 Å². The Bertz CT molecular complexity index is 1090. The van der Waals surface area contributed by atoms with Crippen molar-refractivity contribution in [2.45, 2.75) is 30.6 Å². The molecule has 1 atom stereocenters. The molecule has 2 N–H and O–H groups in total. The lowest BCUT2D eigenvalue weighted by Gasteiger charge is -2.37. The third-order valence-corrected chi connectivity index (χ3v) is 7.53. The van der Waals surface area contributed by atoms with Crippen LogP contribution in [0.1, 0.15) is 36.0 Å². The molecule has 0 bridgehead atoms. The first kappa shape index (κ1) is 22.5. The molecular weight excluding hydrogens is 433 g/mol. The third-order valence-electron chi connectivity index (χ3n) is 6.17. The molecule has 9 heteroatoms. The normalized spacial score (nSPS) is 19.8. The zero-order valence-electron chi connectivity index (χ0n) is 17.8. The highest BCUT2D eigenvalue weighted by Gasteiger charge is 2.26. The van der Waals surface area contributed by atoms with E-state index >= 15 is 0 Å². The Kier molecular flexibility index (Phi) is 6.66. The molecule has 0 radical (unpaired) electrons. The molecule has 2 aliphatic heterocycles. The summed E-state index contributed by atoms with van der Waals surface area (Å²) in [5.74, 6) is -1.34. The van der Waals surface area contributed by atoms with E-state index in [0.29, 0.717) is 11.6 Å². The zero-order valence-corrected chi connectivity index (χ0v) is 18.7. The van der Waals surface area contributed by atoms with Crippen LogP contribution in [0, 0.1) is 11.7 Å². The molecule has 2 heterocycles. The molecule has 0 aliphatic carbocycles. The molecule has 32 heavy (non-hydrogen) atoms. The summed E-state index contributed by atoms with van der Waals surface area (Å²) in [6, 6.07) is 9.22. The Morgan fingerprint density at radius 1 is 1.09 bits per heavy atom. The molecule has 0 amide bonds. The number of carboxylic acids is 1. The summed E-state index contributed by atoms with van der Waals surface area (Å²) < 4.78 is 41.9. The molecule has 2 aliphatic rings. The van der Waals surface area contributed by atoms with Gasteiger partial charge in [-0.2, -0.15) is 0 Å². The number of nitrogens with zero attached hydrogens (tertiary/aromatic N) is 2. The standard InChI is InChI=1S/C23H28FN3O4S/c24-19-6-3-7-20(14-19)32(30,31)25-21-13-18(23(28)29)8-9-22(21)27-12-4-5-17(16-27)15-26-10-1-2-11-26/h3,6-9,13-14,17,25H,1-2,4-5,10-12,15-16H2,(H,28,29). The molecule has 2 saturated heterocycles. The monoisotopic (exact) mass is 461 g/mol. The quantitative estimate of drug-likeness (QED) is 0.654. The number of piperidine rings is 1. The Labute approximate surface area is 187 Å². The minimum absolute atomic E-state index is 0.0173. The lowest BCUT2D eigenvalue weighted by atomic mass is 9.96. The first-order valence-corrected chi connectivity index (χ1v) is 12.4. The van der Waals surface area contributed by atoms with E-state index in [1.807, 2.05) is 0 Å². The van der Waals surface area contributed by atoms with Crippen molar-refractivity contribution in [3.05, 3.63) is 53.8 Å². The smallest absolute Gasteiger partial charge is 0.335 e. The van der Waals surface area contributed by atoms with Crippen LogP contribution in [0.15, 0.2) is 47.4 Å². The molecule has 7 nitrogen and oxygen atoms in total. The number of rotatable bonds is 7. The Balaban J connectivity index is 1.61. The van der Waals surface area contributed by atoms with Gasteiger partial charge in [-0.15, -0.1) is 0 Å². The maximum atomic E-state index is 13.6. The van der Waals surface area contributed by atoms with Gasteiger partial charge in [0.15, 0.2) is 0 Å². The van der Waals surface area contributed by atoms with Gasteiger partial charge in [-0.1, -0.05) is 6.07 Å². The van der Waals surface area contributed by atoms with Gasteiger partial charge < -0.3 is 14.9 Å². The van der Waals surface area contributed by atoms with Gasteiger partial charge in [-0.05, 0) is 81.1 Å². The fraction of sp³-hybridized carbons (Fsp3) is 0.435. The van der Waals surface area contributed by atoms with E-state index in [0.717, 1.165) is 51.6 Å². The number of halogens is 1. The first-order chi connectivity index (χ1) is 15.3. The summed E-state index contributed by atoms with van der Waals surface area (Å²) >= 11 is 0. The number of likely N-dealkylation sites (tertiary alicyclic amines) is 1. The van der Waals surface area contributed by atoms with Crippen LogP contribution in [-0.2, 0) is 10.0 Å². The van der Waals surface area contributed by atoms with E-state index in [9.17, 15) is 22.7 Å². The summed E-state index contributed by atoms with van der Waals surface area (Å²) in [6.45, 7) is 4.81. The topological polar surface area (TPSA) is 89.9 Å². The van der Waals surface area contributed by atoms with Crippen LogP contribution in [0.5, 0.6) is 0 Å². The summed E-state index contributed by atoms with van der Waals surface area (Å²) in [4.78, 5) is 15.9. The van der Waals surface area contributed by atoms with Gasteiger partial charge in [0.05, 0.1) is 21.8 Å². The molecule has 2 fully saturated rings. The number of carbonyl (C=O) groups is 1. The highest BCUT2D eigenvalue weighted by Crippen LogP contribution is 2.33. The van der Waals surface area contributed by atoms with Crippen LogP contribution >= 0.6 is 0 Å². The first-order valence-electron chi connectivity index (χ1n) is 10.9. The molecule has 4 rings (SSSR count). The van der Waals surface area contributed by atoms with Gasteiger partial charge >= 0.3 is 5.97 Å². The summed E-state index contributed by atoms with van der Waals surface area (Å²) in [5, 5.41) is 9.42. The number of hydrogen-bond donors (Lipinski definition) is 2. The highest BCUT2D eigenvalue weighted by atomic mass is 32.2. The van der Waals surface area contributed by atoms with E-state index in [1.165, 1.54) is 43.2 Å². The molecular formula is C23H28FN3O4S. The fourth-order valence-electron chi connectivity index (χ4n) is 4.63. The van der Waals surface area contributed by atoms with Crippen LogP contribution in [-0.4, -0.2) is 57.1 Å². The van der Waals surface area contributed by atoms with Crippen molar-refractivity contribution in [2.75, 3.05) is 42.3 Å². The van der Waals surface area contributed by atoms with Gasteiger partial charge in [0, 0.05) is 19.6 Å². The predicted molar refractivity (Wildman–Crippen MR) is 121 cm³/mol. The van der Waals surface area contributed by atoms with Gasteiger partial charge in [-0.3, -0.25) is 4.72 Å². The van der Waals surface area contributed by atoms with Crippen LogP contribution in [0.2, 0.25) is 0 Å². The maximum Gasteiger partial charge on any atom is 0.335 e. The van der Waals surface area contributed by atoms with Crippen molar-refractivity contribution in [1.29, 1.82) is 0 Å². The van der Waals surface area contributed by atoms with E-state index in [4.69, 9.17) is 0 Å². The van der Waals surface area contributed by atoms with E-state index < -0.39 is 21.8 Å². The molecule has 172 valence electrons. The number of anilines is 2. The second-order valence-corrected chi connectivity index (χ2v) is 10.2. The minimum Gasteiger partial charge on any atom is -0.478 e. The van der Waals surface area contributed by atoms with Gasteiger partial charge in [-0.25, -0.2) is 17.6 Å². The number of aromatic carboxylic acids is 1. The van der Waals surface area contributed by atoms with Crippen molar-refractivity contribution in [3.63, 3.8) is 0 Å². The number of hydrogen-bond acceptors (Lipinski definition) is 5. The van der Waals surface area contributed by atoms with E-state index in [1.54, 1.807) is 6.07 Å². The molecule has 2 aromatic carbocycles. The van der Waals surface area contributed by atoms with Crippen molar-refractivity contribution in [2.24, 2.45) is 5.92 Å². The fourth-order valence-corrected chi connectivity index (χ4v) is 5.72. The largest absolute Gasteiger partial charge is 0.478 e. The van der Waals surface area contributed by atoms with E-state index in [-0.39, 0.29) is 16.1 Å². The maximum absolute atomic E-state index is 13.6. The minimum atomic E-state index is -4.09. The average Bonchev–Trinajstić information content (AvgIpc) is 3.26. The molecule has 2 aromatic rings. The predicted octanol–water partition coefficient (Wildman–Crippen LogP) is 3.64. The van der Waals surface area contributed by atoms with Crippen molar-refractivity contribution >= 4 is 27.4 Å². The molecule has 0 aromatic heterocycles. The molecule has 0 saturated carbocycles. The second-order valence-electron chi connectivity index (χ2n) is 8.56. The van der Waals surface area contributed by atoms with Crippen LogP contribution < -0.4 is 9.62 Å². The average molecular weight is 462 g/mol. The van der Waals surface area contributed by atoms with Gasteiger partial charge in [0.25, 0.3) is 10.0 Å². The zero-order chi connectivity index (χ0) is 22.7. The lowest BCUT2D eigenvalue weighted by molar-refractivity contribution is 0.0697. The second kappa shape index (κ2) is 9.46. The SMILES string of the molecule is O=C(O)c1ccc(N2CCCC(CN3CCCC3)C2)c(NS(=O)(=O)c2cccc(F)c2)c1. The number of nitrogens with one attached hydrogen (secondary N) is 1. The van der Waals surface area contributed by atoms with Gasteiger partial charge in [0.1, 0.15) is 5.82 Å². The van der Waals surface area contributed by atoms with E-state index in [2.05, 4.69) is 14.5 Å². The molecule has 1 unspecified atom stereocenters. The molecule has 0 spiro atoms. The summed E-state index contributed by atoms with van der Waals surface area (Å²) in [7, 11) is -4.09. The van der Waals surface area contributed by atoms with Crippen molar-refractivity contribution in [3.8, 4) is 0 Å². The number of sulfonamides is 1. The summed E-state index contributed by atoms with van der Waals surface area (Å²) in [6.07, 6.45) is 4.57. The summed E-state index contributed by atoms with van der Waals surface area (Å²) in [5.41, 5.74) is 0.813. The third kappa shape index (κ3) is 5.21. The lowest BCUT2D eigenvalue weighted by Crippen LogP contribution is -2.40. The Morgan fingerprint density at radius 2 is 1.88 bits per heavy atom. The number of carboxylic acid groups (broad SMARTS) is 1. The van der Waals surface area contributed by atoms with Crippen molar-refractivity contribution < 1.29 is 22.7 Å².